The third kappa shape index (κ3) is 3.91. The first kappa shape index (κ1) is 17.1. The Hall–Kier alpha value is -0.310. The molecule has 0 fully saturated rings. The van der Waals surface area contributed by atoms with Crippen molar-refractivity contribution in [1.82, 2.24) is 4.72 Å². The van der Waals surface area contributed by atoms with E-state index in [1.807, 2.05) is 4.72 Å². The Balaban J connectivity index is 2.30. The highest BCUT2D eigenvalue weighted by molar-refractivity contribution is 9.11. The van der Waals surface area contributed by atoms with Gasteiger partial charge < -0.3 is 0 Å². The summed E-state index contributed by atoms with van der Waals surface area (Å²) in [6.07, 6.45) is 0. The van der Waals surface area contributed by atoms with Gasteiger partial charge in [0.1, 0.15) is 4.21 Å². The Morgan fingerprint density at radius 1 is 1.14 bits per heavy atom. The summed E-state index contributed by atoms with van der Waals surface area (Å²) in [5.74, 6) is -0.850. The van der Waals surface area contributed by atoms with Gasteiger partial charge in [0.25, 0.3) is 15.9 Å². The van der Waals surface area contributed by atoms with Crippen molar-refractivity contribution in [3.63, 3.8) is 0 Å². The number of hydrogen-bond donors (Lipinski definition) is 1. The molecule has 112 valence electrons. The zero-order valence-electron chi connectivity index (χ0n) is 9.86. The second-order valence-corrected chi connectivity index (χ2v) is 9.28. The van der Waals surface area contributed by atoms with Crippen LogP contribution in [0.1, 0.15) is 10.4 Å². The number of rotatable bonds is 3. The first-order valence-corrected chi connectivity index (χ1v) is 9.40. The highest BCUT2D eigenvalue weighted by atomic mass is 79.9. The smallest absolute Gasteiger partial charge is 0.268 e. The fourth-order valence-electron chi connectivity index (χ4n) is 1.36. The van der Waals surface area contributed by atoms with Gasteiger partial charge in [0.2, 0.25) is 0 Å². The quantitative estimate of drug-likeness (QED) is 0.746. The van der Waals surface area contributed by atoms with Crippen LogP contribution in [0.5, 0.6) is 0 Å². The molecule has 0 spiro atoms. The Bertz CT molecular complexity index is 801. The topological polar surface area (TPSA) is 63.2 Å². The van der Waals surface area contributed by atoms with E-state index >= 15 is 0 Å². The summed E-state index contributed by atoms with van der Waals surface area (Å²) in [5, 5.41) is 0.645. The lowest BCUT2D eigenvalue weighted by molar-refractivity contribution is 0.0981. The van der Waals surface area contributed by atoms with Crippen LogP contribution in [-0.2, 0) is 10.0 Å². The molecule has 1 amide bonds. The molecule has 21 heavy (non-hydrogen) atoms. The molecule has 0 saturated heterocycles. The summed E-state index contributed by atoms with van der Waals surface area (Å²) in [7, 11) is -4.02. The maximum absolute atomic E-state index is 12.1. The van der Waals surface area contributed by atoms with Crippen LogP contribution in [0.15, 0.2) is 32.3 Å². The van der Waals surface area contributed by atoms with E-state index in [1.165, 1.54) is 24.3 Å². The van der Waals surface area contributed by atoms with Crippen molar-refractivity contribution in [1.29, 1.82) is 0 Å². The predicted octanol–water partition coefficient (Wildman–Crippen LogP) is 4.59. The maximum Gasteiger partial charge on any atom is 0.273 e. The lowest BCUT2D eigenvalue weighted by Crippen LogP contribution is -2.30. The molecule has 0 aliphatic rings. The molecular formula is C11H5BrCl3NO3S2. The first-order valence-electron chi connectivity index (χ1n) is 5.18. The molecule has 1 N–H and O–H groups in total. The largest absolute Gasteiger partial charge is 0.273 e. The molecule has 4 nitrogen and oxygen atoms in total. The predicted molar refractivity (Wildman–Crippen MR) is 88.1 cm³/mol. The standard InChI is InChI=1S/C11H5BrCl3NO3S2/c12-10-8(15)4-9(20-10)21(18,19)16-11(17)6-2-1-5(13)3-7(6)14/h1-4H,(H,16,17). The molecule has 2 rings (SSSR count). The van der Waals surface area contributed by atoms with Gasteiger partial charge in [-0.15, -0.1) is 11.3 Å². The zero-order chi connectivity index (χ0) is 15.8. The van der Waals surface area contributed by atoms with E-state index in [2.05, 4.69) is 15.9 Å². The van der Waals surface area contributed by atoms with Crippen LogP contribution < -0.4 is 4.72 Å². The molecule has 1 aromatic heterocycles. The molecule has 2 aromatic rings. The molecule has 1 heterocycles. The number of amides is 1. The van der Waals surface area contributed by atoms with Gasteiger partial charge in [-0.05, 0) is 40.2 Å². The summed E-state index contributed by atoms with van der Waals surface area (Å²) < 4.78 is 26.5. The van der Waals surface area contributed by atoms with Crippen LogP contribution in [0.2, 0.25) is 15.1 Å². The van der Waals surface area contributed by atoms with Crippen molar-refractivity contribution in [2.75, 3.05) is 0 Å². The third-order valence-electron chi connectivity index (χ3n) is 2.29. The van der Waals surface area contributed by atoms with E-state index in [-0.39, 0.29) is 19.8 Å². The second kappa shape index (κ2) is 6.44. The van der Waals surface area contributed by atoms with E-state index in [0.717, 1.165) is 11.3 Å². The van der Waals surface area contributed by atoms with Crippen LogP contribution in [0.4, 0.5) is 0 Å². The Morgan fingerprint density at radius 2 is 1.81 bits per heavy atom. The monoisotopic (exact) mass is 447 g/mol. The van der Waals surface area contributed by atoms with E-state index in [9.17, 15) is 13.2 Å². The third-order valence-corrected chi connectivity index (χ3v) is 7.12. The fraction of sp³-hybridized carbons (Fsp3) is 0. The Labute approximate surface area is 148 Å². The second-order valence-electron chi connectivity index (χ2n) is 3.75. The van der Waals surface area contributed by atoms with Crippen LogP contribution in [-0.4, -0.2) is 14.3 Å². The van der Waals surface area contributed by atoms with Gasteiger partial charge in [-0.25, -0.2) is 13.1 Å². The Kier molecular flexibility index (Phi) is 5.23. The minimum atomic E-state index is -4.02. The number of carbonyl (C=O) groups excluding carboxylic acids is 1. The number of halogens is 4. The van der Waals surface area contributed by atoms with Gasteiger partial charge in [0.15, 0.2) is 0 Å². The van der Waals surface area contributed by atoms with Crippen molar-refractivity contribution >= 4 is 78.0 Å². The Morgan fingerprint density at radius 3 is 2.33 bits per heavy atom. The van der Waals surface area contributed by atoms with Gasteiger partial charge in [0.05, 0.1) is 19.4 Å². The van der Waals surface area contributed by atoms with E-state index in [1.54, 1.807) is 0 Å². The number of carbonyl (C=O) groups is 1. The van der Waals surface area contributed by atoms with Crippen LogP contribution in [0.3, 0.4) is 0 Å². The average molecular weight is 450 g/mol. The molecule has 0 aliphatic carbocycles. The molecule has 10 heteroatoms. The number of thiophene rings is 1. The minimum absolute atomic E-state index is 0.00589. The molecule has 1 aromatic carbocycles. The highest BCUT2D eigenvalue weighted by Crippen LogP contribution is 2.34. The summed E-state index contributed by atoms with van der Waals surface area (Å²) in [4.78, 5) is 12.0. The maximum atomic E-state index is 12.1. The minimum Gasteiger partial charge on any atom is -0.268 e. The lowest BCUT2D eigenvalue weighted by atomic mass is 10.2. The molecule has 0 atom stereocenters. The average Bonchev–Trinajstić information content (AvgIpc) is 2.69. The molecule has 0 bridgehead atoms. The van der Waals surface area contributed by atoms with Crippen molar-refractivity contribution in [2.24, 2.45) is 0 Å². The fourth-order valence-corrected chi connectivity index (χ4v) is 5.22. The molecule has 0 aliphatic heterocycles. The van der Waals surface area contributed by atoms with E-state index in [4.69, 9.17) is 34.8 Å². The summed E-state index contributed by atoms with van der Waals surface area (Å²) >= 11 is 21.4. The number of nitrogens with one attached hydrogen (secondary N) is 1. The summed E-state index contributed by atoms with van der Waals surface area (Å²) in [6.45, 7) is 0. The molecule has 0 saturated carbocycles. The lowest BCUT2D eigenvalue weighted by Gasteiger charge is -2.06. The van der Waals surface area contributed by atoms with Gasteiger partial charge >= 0.3 is 0 Å². The molecule has 0 unspecified atom stereocenters. The number of hydrogen-bond acceptors (Lipinski definition) is 4. The van der Waals surface area contributed by atoms with Crippen molar-refractivity contribution < 1.29 is 13.2 Å². The molecular weight excluding hydrogens is 445 g/mol. The van der Waals surface area contributed by atoms with Crippen molar-refractivity contribution in [3.8, 4) is 0 Å². The van der Waals surface area contributed by atoms with Crippen LogP contribution >= 0.6 is 62.1 Å². The molecule has 0 radical (unpaired) electrons. The number of sulfonamides is 1. The van der Waals surface area contributed by atoms with Crippen molar-refractivity contribution in [3.05, 3.63) is 48.7 Å². The highest BCUT2D eigenvalue weighted by Gasteiger charge is 2.23. The first-order chi connectivity index (χ1) is 9.70. The van der Waals surface area contributed by atoms with Gasteiger partial charge in [0, 0.05) is 5.02 Å². The van der Waals surface area contributed by atoms with Gasteiger partial charge in [-0.3, -0.25) is 4.79 Å². The zero-order valence-corrected chi connectivity index (χ0v) is 15.3. The van der Waals surface area contributed by atoms with Gasteiger partial charge in [-0.1, -0.05) is 34.8 Å². The SMILES string of the molecule is O=C(NS(=O)(=O)c1cc(Cl)c(Br)s1)c1ccc(Cl)cc1Cl. The summed E-state index contributed by atoms with van der Waals surface area (Å²) in [5.41, 5.74) is 0.00589. The summed E-state index contributed by atoms with van der Waals surface area (Å²) in [6, 6.07) is 5.37. The van der Waals surface area contributed by atoms with E-state index in [0.29, 0.717) is 8.81 Å². The van der Waals surface area contributed by atoms with Gasteiger partial charge in [-0.2, -0.15) is 0 Å². The van der Waals surface area contributed by atoms with Crippen LogP contribution in [0, 0.1) is 0 Å². The van der Waals surface area contributed by atoms with E-state index < -0.39 is 15.9 Å². The van der Waals surface area contributed by atoms with Crippen LogP contribution in [0.25, 0.3) is 0 Å². The number of benzene rings is 1. The van der Waals surface area contributed by atoms with Crippen molar-refractivity contribution in [2.45, 2.75) is 4.21 Å². The normalized spacial score (nSPS) is 11.4.